The fourth-order valence-electron chi connectivity index (χ4n) is 2.37. The molecular weight excluding hydrogens is 254 g/mol. The van der Waals surface area contributed by atoms with Crippen molar-refractivity contribution in [3.05, 3.63) is 53.3 Å². The van der Waals surface area contributed by atoms with Crippen LogP contribution in [0.2, 0.25) is 0 Å². The van der Waals surface area contributed by atoms with E-state index in [4.69, 9.17) is 4.74 Å². The van der Waals surface area contributed by atoms with Crippen molar-refractivity contribution in [2.75, 3.05) is 13.2 Å². The van der Waals surface area contributed by atoms with Crippen LogP contribution in [0.3, 0.4) is 0 Å². The van der Waals surface area contributed by atoms with Crippen LogP contribution < -0.4 is 5.32 Å². The summed E-state index contributed by atoms with van der Waals surface area (Å²) in [5.74, 6) is -0.0463. The van der Waals surface area contributed by atoms with Crippen LogP contribution in [0.4, 0.5) is 0 Å². The normalized spacial score (nSPS) is 13.8. The van der Waals surface area contributed by atoms with E-state index < -0.39 is 0 Å². The van der Waals surface area contributed by atoms with Crippen LogP contribution in [-0.4, -0.2) is 28.8 Å². The minimum Gasteiger partial charge on any atom is -0.376 e. The summed E-state index contributed by atoms with van der Waals surface area (Å²) in [5.41, 5.74) is 3.07. The molecule has 1 aromatic heterocycles. The first-order valence-corrected chi connectivity index (χ1v) is 6.79. The first-order valence-electron chi connectivity index (χ1n) is 6.79. The number of carbonyl (C=O) groups is 1. The monoisotopic (exact) mass is 271 g/mol. The van der Waals surface area contributed by atoms with Crippen molar-refractivity contribution < 1.29 is 9.53 Å². The molecule has 0 fully saturated rings. The van der Waals surface area contributed by atoms with Gasteiger partial charge < -0.3 is 10.1 Å². The molecule has 0 aliphatic carbocycles. The van der Waals surface area contributed by atoms with Gasteiger partial charge in [-0.15, -0.1) is 0 Å². The highest BCUT2D eigenvalue weighted by molar-refractivity contribution is 5.94. The Bertz CT molecular complexity index is 592. The summed E-state index contributed by atoms with van der Waals surface area (Å²) in [6, 6.07) is 9.23. The van der Waals surface area contributed by atoms with Gasteiger partial charge in [-0.25, -0.2) is 0 Å². The Balaban J connectivity index is 1.55. The van der Waals surface area contributed by atoms with E-state index in [9.17, 15) is 4.79 Å². The van der Waals surface area contributed by atoms with Gasteiger partial charge in [-0.3, -0.25) is 9.48 Å². The molecule has 0 spiro atoms. The predicted molar refractivity (Wildman–Crippen MR) is 74.4 cm³/mol. The predicted octanol–water partition coefficient (Wildman–Crippen LogP) is 1.39. The maximum Gasteiger partial charge on any atom is 0.251 e. The average Bonchev–Trinajstić information content (AvgIpc) is 2.92. The molecule has 3 rings (SSSR count). The Morgan fingerprint density at radius 1 is 1.35 bits per heavy atom. The van der Waals surface area contributed by atoms with Crippen molar-refractivity contribution in [1.82, 2.24) is 15.1 Å². The number of nitrogens with zero attached hydrogens (tertiary/aromatic N) is 2. The topological polar surface area (TPSA) is 56.2 Å². The maximum absolute atomic E-state index is 11.9. The van der Waals surface area contributed by atoms with Crippen molar-refractivity contribution in [2.45, 2.75) is 19.6 Å². The first kappa shape index (κ1) is 12.9. The lowest BCUT2D eigenvalue weighted by molar-refractivity contribution is 0.0950. The van der Waals surface area contributed by atoms with Crippen molar-refractivity contribution in [3.8, 4) is 0 Å². The van der Waals surface area contributed by atoms with Crippen molar-refractivity contribution >= 4 is 5.91 Å². The minimum atomic E-state index is -0.0463. The summed E-state index contributed by atoms with van der Waals surface area (Å²) < 4.78 is 7.35. The molecule has 1 aliphatic heterocycles. The Hall–Kier alpha value is -2.14. The number of fused-ring (bicyclic) bond motifs is 1. The standard InChI is InChI=1S/C15H17N3O2/c19-15(12-4-2-1-3-5-12)16-7-8-18-14-6-9-20-11-13(14)10-17-18/h1-5,10H,6-9,11H2,(H,16,19). The summed E-state index contributed by atoms with van der Waals surface area (Å²) in [7, 11) is 0. The SMILES string of the molecule is O=C(NCCn1ncc2c1CCOC2)c1ccccc1. The van der Waals surface area contributed by atoms with Gasteiger partial charge >= 0.3 is 0 Å². The summed E-state index contributed by atoms with van der Waals surface area (Å²) >= 11 is 0. The zero-order valence-corrected chi connectivity index (χ0v) is 11.2. The van der Waals surface area contributed by atoms with Crippen molar-refractivity contribution in [3.63, 3.8) is 0 Å². The molecule has 1 aromatic carbocycles. The molecule has 1 amide bonds. The Kier molecular flexibility index (Phi) is 3.78. The molecule has 0 saturated heterocycles. The molecule has 5 nitrogen and oxygen atoms in total. The average molecular weight is 271 g/mol. The second kappa shape index (κ2) is 5.88. The highest BCUT2D eigenvalue weighted by Gasteiger charge is 2.15. The number of rotatable bonds is 4. The number of hydrogen-bond acceptors (Lipinski definition) is 3. The highest BCUT2D eigenvalue weighted by atomic mass is 16.5. The van der Waals surface area contributed by atoms with Gasteiger partial charge in [0.25, 0.3) is 5.91 Å². The third-order valence-corrected chi connectivity index (χ3v) is 3.42. The van der Waals surface area contributed by atoms with Crippen LogP contribution in [0.15, 0.2) is 36.5 Å². The van der Waals surface area contributed by atoms with Crippen LogP contribution in [0, 0.1) is 0 Å². The minimum absolute atomic E-state index is 0.0463. The quantitative estimate of drug-likeness (QED) is 0.914. The van der Waals surface area contributed by atoms with Gasteiger partial charge in [-0.05, 0) is 12.1 Å². The van der Waals surface area contributed by atoms with Crippen LogP contribution in [0.5, 0.6) is 0 Å². The molecule has 2 aromatic rings. The highest BCUT2D eigenvalue weighted by Crippen LogP contribution is 2.15. The Labute approximate surface area is 117 Å². The van der Waals surface area contributed by atoms with E-state index in [0.29, 0.717) is 25.3 Å². The van der Waals surface area contributed by atoms with E-state index in [-0.39, 0.29) is 5.91 Å². The van der Waals surface area contributed by atoms with Crippen LogP contribution in [-0.2, 0) is 24.3 Å². The van der Waals surface area contributed by atoms with Crippen LogP contribution in [0.1, 0.15) is 21.6 Å². The lowest BCUT2D eigenvalue weighted by atomic mass is 10.2. The molecule has 1 aliphatic rings. The van der Waals surface area contributed by atoms with Crippen molar-refractivity contribution in [2.24, 2.45) is 0 Å². The molecule has 5 heteroatoms. The van der Waals surface area contributed by atoms with Gasteiger partial charge in [-0.1, -0.05) is 18.2 Å². The third kappa shape index (κ3) is 2.72. The summed E-state index contributed by atoms with van der Waals surface area (Å²) in [6.07, 6.45) is 2.75. The number of hydrogen-bond donors (Lipinski definition) is 1. The summed E-state index contributed by atoms with van der Waals surface area (Å²) in [5, 5.41) is 7.27. The molecule has 0 atom stereocenters. The van der Waals surface area contributed by atoms with E-state index in [1.165, 1.54) is 5.69 Å². The largest absolute Gasteiger partial charge is 0.376 e. The molecule has 0 unspecified atom stereocenters. The number of amides is 1. The number of nitrogens with one attached hydrogen (secondary N) is 1. The summed E-state index contributed by atoms with van der Waals surface area (Å²) in [6.45, 7) is 2.65. The smallest absolute Gasteiger partial charge is 0.251 e. The molecule has 0 bridgehead atoms. The maximum atomic E-state index is 11.9. The van der Waals surface area contributed by atoms with Gasteiger partial charge in [0.15, 0.2) is 0 Å². The lowest BCUT2D eigenvalue weighted by Crippen LogP contribution is -2.28. The van der Waals surface area contributed by atoms with Crippen molar-refractivity contribution in [1.29, 1.82) is 0 Å². The molecule has 2 heterocycles. The Morgan fingerprint density at radius 3 is 3.05 bits per heavy atom. The second-order valence-electron chi connectivity index (χ2n) is 4.76. The zero-order valence-electron chi connectivity index (χ0n) is 11.2. The van der Waals surface area contributed by atoms with Gasteiger partial charge in [0.1, 0.15) is 0 Å². The van der Waals surface area contributed by atoms with Gasteiger partial charge in [0, 0.05) is 29.8 Å². The molecule has 0 radical (unpaired) electrons. The van der Waals surface area contributed by atoms with Gasteiger partial charge in [0.05, 0.1) is 26.0 Å². The number of carbonyl (C=O) groups excluding carboxylic acids is 1. The number of aromatic nitrogens is 2. The fraction of sp³-hybridized carbons (Fsp3) is 0.333. The number of ether oxygens (including phenoxy) is 1. The molecule has 0 saturated carbocycles. The van der Waals surface area contributed by atoms with E-state index in [1.807, 2.05) is 41.2 Å². The van der Waals surface area contributed by atoms with Crippen LogP contribution in [0.25, 0.3) is 0 Å². The summed E-state index contributed by atoms with van der Waals surface area (Å²) in [4.78, 5) is 11.9. The molecule has 104 valence electrons. The lowest BCUT2D eigenvalue weighted by Gasteiger charge is -2.14. The molecule has 1 N–H and O–H groups in total. The van der Waals surface area contributed by atoms with E-state index in [0.717, 1.165) is 18.6 Å². The van der Waals surface area contributed by atoms with Gasteiger partial charge in [0.2, 0.25) is 0 Å². The number of benzene rings is 1. The van der Waals surface area contributed by atoms with Crippen LogP contribution >= 0.6 is 0 Å². The fourth-order valence-corrected chi connectivity index (χ4v) is 2.37. The zero-order chi connectivity index (χ0) is 13.8. The second-order valence-corrected chi connectivity index (χ2v) is 4.76. The van der Waals surface area contributed by atoms with E-state index in [1.54, 1.807) is 0 Å². The first-order chi connectivity index (χ1) is 9.84. The molecule has 20 heavy (non-hydrogen) atoms. The Morgan fingerprint density at radius 2 is 2.20 bits per heavy atom. The van der Waals surface area contributed by atoms with Gasteiger partial charge in [-0.2, -0.15) is 5.10 Å². The van der Waals surface area contributed by atoms with E-state index >= 15 is 0 Å². The van der Waals surface area contributed by atoms with E-state index in [2.05, 4.69) is 10.4 Å². The third-order valence-electron chi connectivity index (χ3n) is 3.42. The molecular formula is C15H17N3O2.